The zero-order valence-electron chi connectivity index (χ0n) is 20.0. The van der Waals surface area contributed by atoms with Gasteiger partial charge in [-0.15, -0.1) is 5.10 Å². The molecular weight excluding hydrogens is 462 g/mol. The number of nitrogens with zero attached hydrogens (tertiary/aromatic N) is 7. The van der Waals surface area contributed by atoms with Crippen LogP contribution in [-0.2, 0) is 13.1 Å². The van der Waals surface area contributed by atoms with Crippen molar-refractivity contribution in [3.05, 3.63) is 60.2 Å². The Balaban J connectivity index is 1.03. The van der Waals surface area contributed by atoms with Gasteiger partial charge < -0.3 is 14.6 Å². The van der Waals surface area contributed by atoms with Crippen molar-refractivity contribution in [2.24, 2.45) is 5.41 Å². The molecule has 0 unspecified atom stereocenters. The fraction of sp³-hybridized carbons (Fsp3) is 0.462. The van der Waals surface area contributed by atoms with Crippen molar-refractivity contribution >= 4 is 11.3 Å². The number of aromatic nitrogens is 6. The van der Waals surface area contributed by atoms with Crippen LogP contribution in [0.15, 0.2) is 43.0 Å². The summed E-state index contributed by atoms with van der Waals surface area (Å²) in [6, 6.07) is 5.87. The maximum atomic E-state index is 14.5. The maximum Gasteiger partial charge on any atom is 0.222 e. The molecule has 0 amide bonds. The van der Waals surface area contributed by atoms with E-state index >= 15 is 0 Å². The minimum Gasteiger partial charge on any atom is -0.370 e. The lowest BCUT2D eigenvalue weighted by Crippen LogP contribution is -2.67. The first-order valence-electron chi connectivity index (χ1n) is 12.6. The van der Waals surface area contributed by atoms with Gasteiger partial charge in [0.05, 0.1) is 35.9 Å². The minimum absolute atomic E-state index is 0.201. The van der Waals surface area contributed by atoms with Crippen LogP contribution < -0.4 is 10.2 Å². The second-order valence-electron chi connectivity index (χ2n) is 10.8. The molecular formula is C26H28F2N8. The van der Waals surface area contributed by atoms with E-state index in [0.29, 0.717) is 37.1 Å². The number of hydrogen-bond donors (Lipinski definition) is 1. The number of anilines is 1. The van der Waals surface area contributed by atoms with E-state index in [9.17, 15) is 8.78 Å². The van der Waals surface area contributed by atoms with Crippen LogP contribution in [-0.4, -0.2) is 54.7 Å². The van der Waals surface area contributed by atoms with Gasteiger partial charge in [0.15, 0.2) is 0 Å². The zero-order valence-corrected chi connectivity index (χ0v) is 20.0. The molecule has 4 aliphatic rings. The second-order valence-corrected chi connectivity index (χ2v) is 10.8. The second kappa shape index (κ2) is 8.06. The first-order valence-corrected chi connectivity index (χ1v) is 12.6. The topological polar surface area (TPSA) is 76.2 Å². The van der Waals surface area contributed by atoms with Gasteiger partial charge in [-0.2, -0.15) is 4.39 Å². The average molecular weight is 491 g/mol. The number of hydrogen-bond acceptors (Lipinski definition) is 6. The lowest BCUT2D eigenvalue weighted by Gasteiger charge is -2.66. The normalized spacial score (nSPS) is 24.8. The Morgan fingerprint density at radius 3 is 2.69 bits per heavy atom. The van der Waals surface area contributed by atoms with Crippen LogP contribution in [0.1, 0.15) is 43.4 Å². The molecule has 36 heavy (non-hydrogen) atoms. The molecule has 0 aromatic carbocycles. The highest BCUT2D eigenvalue weighted by Crippen LogP contribution is 2.69. The van der Waals surface area contributed by atoms with Crippen LogP contribution in [0.3, 0.4) is 0 Å². The van der Waals surface area contributed by atoms with Crippen LogP contribution in [0.4, 0.5) is 14.5 Å². The van der Waals surface area contributed by atoms with Crippen molar-refractivity contribution in [3.63, 3.8) is 0 Å². The quantitative estimate of drug-likeness (QED) is 0.379. The molecule has 4 aromatic heterocycles. The summed E-state index contributed by atoms with van der Waals surface area (Å²) in [5.41, 5.74) is 3.92. The van der Waals surface area contributed by atoms with Crippen LogP contribution in [0, 0.1) is 11.4 Å². The van der Waals surface area contributed by atoms with E-state index in [4.69, 9.17) is 4.98 Å². The van der Waals surface area contributed by atoms with E-state index in [-0.39, 0.29) is 5.41 Å². The summed E-state index contributed by atoms with van der Waals surface area (Å²) in [7, 11) is 0. The highest BCUT2D eigenvalue weighted by molar-refractivity contribution is 5.64. The van der Waals surface area contributed by atoms with Crippen molar-refractivity contribution in [1.82, 2.24) is 34.7 Å². The first-order chi connectivity index (χ1) is 17.5. The average Bonchev–Trinajstić information content (AvgIpc) is 3.58. The van der Waals surface area contributed by atoms with Gasteiger partial charge in [-0.1, -0.05) is 11.3 Å². The molecule has 4 aromatic rings. The van der Waals surface area contributed by atoms with E-state index in [0.717, 1.165) is 61.6 Å². The summed E-state index contributed by atoms with van der Waals surface area (Å²) in [6.07, 6.45) is 11.8. The van der Waals surface area contributed by atoms with Gasteiger partial charge in [-0.25, -0.2) is 19.0 Å². The molecule has 3 aliphatic carbocycles. The molecule has 186 valence electrons. The third-order valence-electron chi connectivity index (χ3n) is 7.90. The van der Waals surface area contributed by atoms with Crippen molar-refractivity contribution in [3.8, 4) is 11.3 Å². The van der Waals surface area contributed by atoms with Crippen LogP contribution in [0.5, 0.6) is 0 Å². The molecule has 2 bridgehead atoms. The lowest BCUT2D eigenvalue weighted by atomic mass is 9.42. The van der Waals surface area contributed by atoms with Gasteiger partial charge in [0.25, 0.3) is 0 Å². The van der Waals surface area contributed by atoms with Gasteiger partial charge in [0, 0.05) is 38.6 Å². The minimum atomic E-state index is -0.846. The third-order valence-corrected chi connectivity index (χ3v) is 7.90. The monoisotopic (exact) mass is 490 g/mol. The Hall–Kier alpha value is -3.40. The molecule has 10 heteroatoms. The van der Waals surface area contributed by atoms with E-state index < -0.39 is 11.6 Å². The van der Waals surface area contributed by atoms with Gasteiger partial charge in [0.1, 0.15) is 17.0 Å². The summed E-state index contributed by atoms with van der Waals surface area (Å²) in [5.74, 6) is -0.544. The fourth-order valence-corrected chi connectivity index (χ4v) is 6.22. The molecule has 8 nitrogen and oxygen atoms in total. The summed E-state index contributed by atoms with van der Waals surface area (Å²) < 4.78 is 31.9. The predicted molar refractivity (Wildman–Crippen MR) is 131 cm³/mol. The summed E-state index contributed by atoms with van der Waals surface area (Å²) in [6.45, 7) is 3.97. The van der Waals surface area contributed by atoms with E-state index in [1.165, 1.54) is 0 Å². The largest absolute Gasteiger partial charge is 0.370 e. The van der Waals surface area contributed by atoms with Crippen molar-refractivity contribution in [2.75, 3.05) is 24.5 Å². The Morgan fingerprint density at radius 2 is 1.89 bits per heavy atom. The molecule has 1 aliphatic heterocycles. The van der Waals surface area contributed by atoms with E-state index in [1.54, 1.807) is 17.1 Å². The van der Waals surface area contributed by atoms with E-state index in [1.807, 2.05) is 22.7 Å². The Bertz CT molecular complexity index is 1420. The third kappa shape index (κ3) is 3.84. The lowest BCUT2D eigenvalue weighted by molar-refractivity contribution is -0.209. The molecule has 0 radical (unpaired) electrons. The maximum absolute atomic E-state index is 14.5. The standard InChI is InChI=1S/C26H28F2N8/c27-24-21(7-20(9-30-24)34-5-1-2-6-34)22-13-36(33-32-22)12-19-11-35-10-18(3-4-23(35)31-19)8-29-17-25-14-26(28,15-25)16-25/h3-4,7,9-11,13,29H,1-2,5-6,8,12,14-17H2. The highest BCUT2D eigenvalue weighted by Gasteiger charge is 2.68. The highest BCUT2D eigenvalue weighted by atomic mass is 19.1. The SMILES string of the molecule is Fc1ncc(N2CCCC2)cc1-c1cn(Cc2cn3cc(CNCC45CC(F)(C4)C5)ccc3n2)nn1. The van der Waals surface area contributed by atoms with Crippen molar-refractivity contribution < 1.29 is 8.78 Å². The molecule has 0 spiro atoms. The molecule has 0 atom stereocenters. The van der Waals surface area contributed by atoms with Gasteiger partial charge in [-0.05, 0) is 55.2 Å². The van der Waals surface area contributed by atoms with Crippen molar-refractivity contribution in [2.45, 2.75) is 50.9 Å². The smallest absolute Gasteiger partial charge is 0.222 e. The Morgan fingerprint density at radius 1 is 1.06 bits per heavy atom. The number of rotatable bonds is 8. The van der Waals surface area contributed by atoms with Gasteiger partial charge >= 0.3 is 0 Å². The number of imidazole rings is 1. The number of halogens is 2. The fourth-order valence-electron chi connectivity index (χ4n) is 6.22. The molecule has 4 fully saturated rings. The number of fused-ring (bicyclic) bond motifs is 1. The molecule has 1 saturated heterocycles. The summed E-state index contributed by atoms with van der Waals surface area (Å²) in [4.78, 5) is 10.9. The summed E-state index contributed by atoms with van der Waals surface area (Å²) >= 11 is 0. The van der Waals surface area contributed by atoms with Gasteiger partial charge in [0.2, 0.25) is 5.95 Å². The van der Waals surface area contributed by atoms with E-state index in [2.05, 4.69) is 37.8 Å². The first kappa shape index (κ1) is 21.8. The molecule has 3 saturated carbocycles. The number of pyridine rings is 2. The summed E-state index contributed by atoms with van der Waals surface area (Å²) in [5, 5.41) is 11.9. The Kier molecular flexibility index (Phi) is 4.89. The molecule has 1 N–H and O–H groups in total. The molecule has 5 heterocycles. The zero-order chi connectivity index (χ0) is 24.3. The van der Waals surface area contributed by atoms with Crippen LogP contribution in [0.2, 0.25) is 0 Å². The number of nitrogens with one attached hydrogen (secondary N) is 1. The van der Waals surface area contributed by atoms with Gasteiger partial charge in [-0.3, -0.25) is 0 Å². The number of alkyl halides is 1. The Labute approximate surface area is 207 Å². The van der Waals surface area contributed by atoms with Crippen LogP contribution in [0.25, 0.3) is 16.9 Å². The van der Waals surface area contributed by atoms with Crippen LogP contribution >= 0.6 is 0 Å². The van der Waals surface area contributed by atoms with Crippen molar-refractivity contribution in [1.29, 1.82) is 0 Å². The predicted octanol–water partition coefficient (Wildman–Crippen LogP) is 3.76. The molecule has 8 rings (SSSR count).